The van der Waals surface area contributed by atoms with Crippen molar-refractivity contribution in [3.05, 3.63) is 11.9 Å². The van der Waals surface area contributed by atoms with Gasteiger partial charge in [-0.15, -0.1) is 11.6 Å². The molecule has 1 aliphatic heterocycles. The largest absolute Gasteiger partial charge is 0.365 e. The highest BCUT2D eigenvalue weighted by Crippen LogP contribution is 2.35. The van der Waals surface area contributed by atoms with Gasteiger partial charge in [0, 0.05) is 5.88 Å². The number of aryl methyl sites for hydroxylation is 1. The van der Waals surface area contributed by atoms with E-state index in [1.165, 1.54) is 0 Å². The maximum atomic E-state index is 5.61. The molecule has 1 unspecified atom stereocenters. The van der Waals surface area contributed by atoms with E-state index in [-0.39, 0.29) is 11.7 Å². The first-order chi connectivity index (χ1) is 7.12. The Kier molecular flexibility index (Phi) is 2.98. The minimum atomic E-state index is 0.00390. The van der Waals surface area contributed by atoms with Gasteiger partial charge in [-0.05, 0) is 26.7 Å². The standard InChI is InChI=1S/C10H16ClN3O/c1-10(2)9(15-10)7-14-12-6-8(13-14)4-3-5-11/h6,9H,3-5,7H2,1-2H3. The van der Waals surface area contributed by atoms with Crippen LogP contribution in [0.3, 0.4) is 0 Å². The Morgan fingerprint density at radius 3 is 2.93 bits per heavy atom. The zero-order valence-corrected chi connectivity index (χ0v) is 9.87. The van der Waals surface area contributed by atoms with E-state index < -0.39 is 0 Å². The summed E-state index contributed by atoms with van der Waals surface area (Å²) in [5, 5.41) is 8.56. The van der Waals surface area contributed by atoms with E-state index in [9.17, 15) is 0 Å². The molecule has 0 radical (unpaired) electrons. The number of hydrogen-bond acceptors (Lipinski definition) is 3. The van der Waals surface area contributed by atoms with Crippen molar-refractivity contribution in [1.29, 1.82) is 0 Å². The van der Waals surface area contributed by atoms with E-state index >= 15 is 0 Å². The summed E-state index contributed by atoms with van der Waals surface area (Å²) in [6.07, 6.45) is 3.91. The molecule has 15 heavy (non-hydrogen) atoms. The van der Waals surface area contributed by atoms with Gasteiger partial charge in [-0.2, -0.15) is 15.0 Å². The quantitative estimate of drug-likeness (QED) is 0.569. The summed E-state index contributed by atoms with van der Waals surface area (Å²) in [6.45, 7) is 4.90. The van der Waals surface area contributed by atoms with E-state index in [0.29, 0.717) is 5.88 Å². The highest BCUT2D eigenvalue weighted by atomic mass is 35.5. The van der Waals surface area contributed by atoms with Crippen LogP contribution >= 0.6 is 11.6 Å². The summed E-state index contributed by atoms with van der Waals surface area (Å²) < 4.78 is 5.48. The maximum absolute atomic E-state index is 5.61. The number of hydrogen-bond donors (Lipinski definition) is 0. The average Bonchev–Trinajstić information content (AvgIpc) is 2.63. The normalized spacial score (nSPS) is 23.0. The van der Waals surface area contributed by atoms with Crippen molar-refractivity contribution >= 4 is 11.6 Å². The molecule has 0 spiro atoms. The lowest BCUT2D eigenvalue weighted by atomic mass is 10.1. The number of rotatable bonds is 5. The van der Waals surface area contributed by atoms with Crippen molar-refractivity contribution in [3.8, 4) is 0 Å². The molecule has 1 aromatic rings. The van der Waals surface area contributed by atoms with Crippen LogP contribution in [0, 0.1) is 0 Å². The molecule has 0 saturated carbocycles. The molecular formula is C10H16ClN3O. The fourth-order valence-corrected chi connectivity index (χ4v) is 1.66. The van der Waals surface area contributed by atoms with Crippen LogP contribution in [0.15, 0.2) is 6.20 Å². The van der Waals surface area contributed by atoms with Crippen LogP contribution < -0.4 is 0 Å². The highest BCUT2D eigenvalue weighted by molar-refractivity contribution is 6.17. The van der Waals surface area contributed by atoms with E-state index in [4.69, 9.17) is 16.3 Å². The third-order valence-electron chi connectivity index (χ3n) is 2.64. The Morgan fingerprint density at radius 2 is 2.33 bits per heavy atom. The zero-order chi connectivity index (χ0) is 10.9. The molecule has 1 aliphatic rings. The van der Waals surface area contributed by atoms with Gasteiger partial charge in [-0.1, -0.05) is 0 Å². The maximum Gasteiger partial charge on any atom is 0.108 e. The molecule has 1 aromatic heterocycles. The van der Waals surface area contributed by atoms with Crippen LogP contribution in [0.5, 0.6) is 0 Å². The van der Waals surface area contributed by atoms with E-state index in [2.05, 4.69) is 24.0 Å². The molecule has 2 heterocycles. The minimum absolute atomic E-state index is 0.00390. The van der Waals surface area contributed by atoms with Gasteiger partial charge in [0.15, 0.2) is 0 Å². The van der Waals surface area contributed by atoms with Crippen LogP contribution in [0.4, 0.5) is 0 Å². The average molecular weight is 230 g/mol. The number of epoxide rings is 1. The second kappa shape index (κ2) is 4.10. The van der Waals surface area contributed by atoms with Gasteiger partial charge in [0.25, 0.3) is 0 Å². The molecule has 4 nitrogen and oxygen atoms in total. The predicted molar refractivity (Wildman–Crippen MR) is 58.0 cm³/mol. The highest BCUT2D eigenvalue weighted by Gasteiger charge is 2.48. The lowest BCUT2D eigenvalue weighted by molar-refractivity contribution is 0.308. The van der Waals surface area contributed by atoms with Crippen molar-refractivity contribution in [3.63, 3.8) is 0 Å². The second-order valence-corrected chi connectivity index (χ2v) is 4.77. The molecule has 5 heteroatoms. The molecule has 1 fully saturated rings. The fraction of sp³-hybridized carbons (Fsp3) is 0.800. The first-order valence-electron chi connectivity index (χ1n) is 5.24. The zero-order valence-electron chi connectivity index (χ0n) is 9.11. The summed E-state index contributed by atoms with van der Waals surface area (Å²) >= 11 is 5.61. The van der Waals surface area contributed by atoms with E-state index in [1.54, 1.807) is 4.80 Å². The van der Waals surface area contributed by atoms with Crippen molar-refractivity contribution in [2.75, 3.05) is 5.88 Å². The molecule has 1 atom stereocenters. The van der Waals surface area contributed by atoms with Gasteiger partial charge >= 0.3 is 0 Å². The van der Waals surface area contributed by atoms with Crippen LogP contribution in [-0.4, -0.2) is 32.6 Å². The molecule has 0 amide bonds. The molecule has 1 saturated heterocycles. The van der Waals surface area contributed by atoms with Crippen LogP contribution in [0.25, 0.3) is 0 Å². The number of halogens is 1. The SMILES string of the molecule is CC1(C)OC1Cn1ncc(CCCCl)n1. The Hall–Kier alpha value is -0.610. The predicted octanol–water partition coefficient (Wildman–Crippen LogP) is 1.63. The van der Waals surface area contributed by atoms with Gasteiger partial charge in [0.1, 0.15) is 6.10 Å². The van der Waals surface area contributed by atoms with Gasteiger partial charge in [-0.3, -0.25) is 0 Å². The van der Waals surface area contributed by atoms with Gasteiger partial charge in [0.2, 0.25) is 0 Å². The third kappa shape index (κ3) is 2.69. The monoisotopic (exact) mass is 229 g/mol. The first kappa shape index (κ1) is 10.9. The van der Waals surface area contributed by atoms with Gasteiger partial charge in [0.05, 0.1) is 24.0 Å². The molecule has 0 aliphatic carbocycles. The number of aromatic nitrogens is 3. The van der Waals surface area contributed by atoms with Crippen molar-refractivity contribution in [1.82, 2.24) is 15.0 Å². The Bertz CT molecular complexity index is 337. The summed E-state index contributed by atoms with van der Waals surface area (Å²) in [4.78, 5) is 1.71. The summed E-state index contributed by atoms with van der Waals surface area (Å²) in [5.41, 5.74) is 1.01. The van der Waals surface area contributed by atoms with Crippen molar-refractivity contribution in [2.24, 2.45) is 0 Å². The van der Waals surface area contributed by atoms with E-state index in [1.807, 2.05) is 6.20 Å². The summed E-state index contributed by atoms with van der Waals surface area (Å²) in [7, 11) is 0. The molecule has 0 aromatic carbocycles. The van der Waals surface area contributed by atoms with Crippen LogP contribution in [0.2, 0.25) is 0 Å². The second-order valence-electron chi connectivity index (χ2n) is 4.39. The Balaban J connectivity index is 1.85. The third-order valence-corrected chi connectivity index (χ3v) is 2.91. The number of alkyl halides is 1. The lowest BCUT2D eigenvalue weighted by Crippen LogP contribution is -2.13. The smallest absolute Gasteiger partial charge is 0.108 e. The van der Waals surface area contributed by atoms with Crippen molar-refractivity contribution in [2.45, 2.75) is 44.9 Å². The molecule has 0 bridgehead atoms. The number of nitrogens with zero attached hydrogens (tertiary/aromatic N) is 3. The molecule has 2 rings (SSSR count). The van der Waals surface area contributed by atoms with E-state index in [0.717, 1.165) is 25.1 Å². The molecule has 0 N–H and O–H groups in total. The van der Waals surface area contributed by atoms with Gasteiger partial charge < -0.3 is 4.74 Å². The number of ether oxygens (including phenoxy) is 1. The molecular weight excluding hydrogens is 214 g/mol. The van der Waals surface area contributed by atoms with Crippen LogP contribution in [-0.2, 0) is 17.7 Å². The Morgan fingerprint density at radius 1 is 1.60 bits per heavy atom. The minimum Gasteiger partial charge on any atom is -0.365 e. The first-order valence-corrected chi connectivity index (χ1v) is 5.78. The topological polar surface area (TPSA) is 43.2 Å². The van der Waals surface area contributed by atoms with Gasteiger partial charge in [-0.25, -0.2) is 0 Å². The summed E-state index contributed by atoms with van der Waals surface area (Å²) in [6, 6.07) is 0. The van der Waals surface area contributed by atoms with Crippen molar-refractivity contribution < 1.29 is 4.74 Å². The summed E-state index contributed by atoms with van der Waals surface area (Å²) in [5.74, 6) is 0.672. The Labute approximate surface area is 94.6 Å². The molecule has 84 valence electrons. The van der Waals surface area contributed by atoms with Crippen LogP contribution in [0.1, 0.15) is 26.0 Å². The lowest BCUT2D eigenvalue weighted by Gasteiger charge is -1.96. The fourth-order valence-electron chi connectivity index (χ4n) is 1.52.